The quantitative estimate of drug-likeness (QED) is 0.774. The van der Waals surface area contributed by atoms with Gasteiger partial charge in [-0.25, -0.2) is 4.98 Å². The monoisotopic (exact) mass is 346 g/mol. The highest BCUT2D eigenvalue weighted by molar-refractivity contribution is 5.90. The Labute approximate surface area is 151 Å². The largest absolute Gasteiger partial charge is 0.485 e. The average Bonchev–Trinajstić information content (AvgIpc) is 2.68. The lowest BCUT2D eigenvalue weighted by atomic mass is 9.97. The number of nitrogens with two attached hydrogens (primary N) is 1. The summed E-state index contributed by atoms with van der Waals surface area (Å²) >= 11 is 0. The van der Waals surface area contributed by atoms with E-state index in [1.54, 1.807) is 18.2 Å². The summed E-state index contributed by atoms with van der Waals surface area (Å²) in [6.45, 7) is 0. The van der Waals surface area contributed by atoms with Gasteiger partial charge in [0.25, 0.3) is 5.91 Å². The van der Waals surface area contributed by atoms with Gasteiger partial charge in [0, 0.05) is 6.07 Å². The number of carbonyl (C=O) groups is 1. The SMILES string of the molecule is NC(=O)c1cccc(Oc2ccc3c(c2)CCC(c2ccccc2)O3)n1. The Hall–Kier alpha value is -3.34. The zero-order chi connectivity index (χ0) is 17.9. The van der Waals surface area contributed by atoms with E-state index in [9.17, 15) is 4.79 Å². The van der Waals surface area contributed by atoms with Crippen molar-refractivity contribution in [3.63, 3.8) is 0 Å². The van der Waals surface area contributed by atoms with Crippen molar-refractivity contribution >= 4 is 5.91 Å². The van der Waals surface area contributed by atoms with E-state index in [0.717, 1.165) is 24.2 Å². The van der Waals surface area contributed by atoms with Crippen molar-refractivity contribution in [1.82, 2.24) is 4.98 Å². The Kier molecular flexibility index (Phi) is 4.27. The molecule has 5 heteroatoms. The van der Waals surface area contributed by atoms with Crippen LogP contribution in [0.1, 0.15) is 34.1 Å². The number of primary amides is 1. The average molecular weight is 346 g/mol. The molecule has 0 aliphatic carbocycles. The molecule has 2 aromatic carbocycles. The maximum atomic E-state index is 11.2. The lowest BCUT2D eigenvalue weighted by Crippen LogP contribution is -2.15. The zero-order valence-electron chi connectivity index (χ0n) is 14.1. The van der Waals surface area contributed by atoms with Gasteiger partial charge < -0.3 is 15.2 Å². The van der Waals surface area contributed by atoms with E-state index in [0.29, 0.717) is 11.6 Å². The number of hydrogen-bond donors (Lipinski definition) is 1. The third-order valence-corrected chi connectivity index (χ3v) is 4.35. The first kappa shape index (κ1) is 16.1. The molecule has 130 valence electrons. The Balaban J connectivity index is 1.52. The van der Waals surface area contributed by atoms with Crippen LogP contribution in [-0.4, -0.2) is 10.9 Å². The van der Waals surface area contributed by atoms with Gasteiger partial charge in [-0.2, -0.15) is 0 Å². The molecule has 5 nitrogen and oxygen atoms in total. The third-order valence-electron chi connectivity index (χ3n) is 4.35. The fourth-order valence-electron chi connectivity index (χ4n) is 3.06. The molecule has 0 radical (unpaired) electrons. The Morgan fingerprint density at radius 1 is 1.08 bits per heavy atom. The van der Waals surface area contributed by atoms with Crippen LogP contribution in [0.15, 0.2) is 66.7 Å². The normalized spacial score (nSPS) is 15.6. The Morgan fingerprint density at radius 3 is 2.73 bits per heavy atom. The zero-order valence-corrected chi connectivity index (χ0v) is 14.1. The lowest BCUT2D eigenvalue weighted by molar-refractivity contribution is 0.0995. The first-order valence-corrected chi connectivity index (χ1v) is 8.48. The van der Waals surface area contributed by atoms with Crippen LogP contribution in [-0.2, 0) is 6.42 Å². The van der Waals surface area contributed by atoms with E-state index in [2.05, 4.69) is 17.1 Å². The van der Waals surface area contributed by atoms with Crippen LogP contribution in [0.5, 0.6) is 17.4 Å². The molecule has 1 unspecified atom stereocenters. The van der Waals surface area contributed by atoms with Gasteiger partial charge in [-0.3, -0.25) is 4.79 Å². The Bertz CT molecular complexity index is 941. The van der Waals surface area contributed by atoms with Gasteiger partial charge >= 0.3 is 0 Å². The molecule has 1 aliphatic rings. The fourth-order valence-corrected chi connectivity index (χ4v) is 3.06. The number of benzene rings is 2. The van der Waals surface area contributed by atoms with Crippen LogP contribution in [0.3, 0.4) is 0 Å². The van der Waals surface area contributed by atoms with E-state index >= 15 is 0 Å². The molecule has 0 saturated carbocycles. The minimum atomic E-state index is -0.582. The summed E-state index contributed by atoms with van der Waals surface area (Å²) in [5, 5.41) is 0. The van der Waals surface area contributed by atoms with E-state index in [-0.39, 0.29) is 11.8 Å². The molecule has 1 aromatic heterocycles. The summed E-state index contributed by atoms with van der Waals surface area (Å²) in [6.07, 6.45) is 1.89. The molecule has 0 saturated heterocycles. The van der Waals surface area contributed by atoms with Gasteiger partial charge in [-0.15, -0.1) is 0 Å². The molecule has 0 bridgehead atoms. The highest BCUT2D eigenvalue weighted by Gasteiger charge is 2.21. The first-order valence-electron chi connectivity index (χ1n) is 8.48. The van der Waals surface area contributed by atoms with Crippen molar-refractivity contribution in [2.24, 2.45) is 5.73 Å². The molecule has 1 amide bonds. The number of hydrogen-bond acceptors (Lipinski definition) is 4. The maximum Gasteiger partial charge on any atom is 0.267 e. The standard InChI is InChI=1S/C21H18N2O3/c22-21(24)17-7-4-8-20(23-17)25-16-10-12-19-15(13-16)9-11-18(26-19)14-5-2-1-3-6-14/h1-8,10,12-13,18H,9,11H2,(H2,22,24). The minimum absolute atomic E-state index is 0.0735. The predicted molar refractivity (Wildman–Crippen MR) is 97.4 cm³/mol. The number of rotatable bonds is 4. The van der Waals surface area contributed by atoms with Gasteiger partial charge in [0.05, 0.1) is 0 Å². The number of carbonyl (C=O) groups excluding carboxylic acids is 1. The number of aromatic nitrogens is 1. The van der Waals surface area contributed by atoms with Crippen LogP contribution in [0, 0.1) is 0 Å². The van der Waals surface area contributed by atoms with Crippen LogP contribution in [0.25, 0.3) is 0 Å². The van der Waals surface area contributed by atoms with Crippen molar-refractivity contribution < 1.29 is 14.3 Å². The minimum Gasteiger partial charge on any atom is -0.485 e. The molecular formula is C21H18N2O3. The number of fused-ring (bicyclic) bond motifs is 1. The van der Waals surface area contributed by atoms with E-state index < -0.39 is 5.91 Å². The highest BCUT2D eigenvalue weighted by atomic mass is 16.5. The van der Waals surface area contributed by atoms with Gasteiger partial charge in [-0.1, -0.05) is 36.4 Å². The molecule has 2 heterocycles. The summed E-state index contributed by atoms with van der Waals surface area (Å²) in [4.78, 5) is 15.3. The topological polar surface area (TPSA) is 74.4 Å². The summed E-state index contributed by atoms with van der Waals surface area (Å²) in [5.41, 5.74) is 7.71. The maximum absolute atomic E-state index is 11.2. The van der Waals surface area contributed by atoms with Crippen LogP contribution in [0.4, 0.5) is 0 Å². The van der Waals surface area contributed by atoms with E-state index in [1.807, 2.05) is 36.4 Å². The first-order chi connectivity index (χ1) is 12.7. The van der Waals surface area contributed by atoms with Crippen molar-refractivity contribution in [1.29, 1.82) is 0 Å². The van der Waals surface area contributed by atoms with Gasteiger partial charge in [0.2, 0.25) is 5.88 Å². The van der Waals surface area contributed by atoms with Crippen molar-refractivity contribution in [2.45, 2.75) is 18.9 Å². The highest BCUT2D eigenvalue weighted by Crippen LogP contribution is 2.37. The molecular weight excluding hydrogens is 328 g/mol. The molecule has 26 heavy (non-hydrogen) atoms. The molecule has 1 aliphatic heterocycles. The van der Waals surface area contributed by atoms with E-state index in [4.69, 9.17) is 15.2 Å². The smallest absolute Gasteiger partial charge is 0.267 e. The number of amides is 1. The summed E-state index contributed by atoms with van der Waals surface area (Å²) < 4.78 is 11.9. The van der Waals surface area contributed by atoms with Gasteiger partial charge in [0.15, 0.2) is 0 Å². The number of nitrogens with zero attached hydrogens (tertiary/aromatic N) is 1. The second-order valence-corrected chi connectivity index (χ2v) is 6.15. The van der Waals surface area contributed by atoms with Crippen LogP contribution < -0.4 is 15.2 Å². The fraction of sp³-hybridized carbons (Fsp3) is 0.143. The molecule has 0 fully saturated rings. The summed E-state index contributed by atoms with van der Waals surface area (Å²) in [6, 6.07) is 20.9. The van der Waals surface area contributed by atoms with Crippen LogP contribution >= 0.6 is 0 Å². The number of pyridine rings is 1. The van der Waals surface area contributed by atoms with E-state index in [1.165, 1.54) is 5.56 Å². The molecule has 3 aromatic rings. The van der Waals surface area contributed by atoms with Crippen molar-refractivity contribution in [2.75, 3.05) is 0 Å². The molecule has 0 spiro atoms. The van der Waals surface area contributed by atoms with Gasteiger partial charge in [-0.05, 0) is 48.2 Å². The second kappa shape index (κ2) is 6.88. The molecule has 4 rings (SSSR count). The number of ether oxygens (including phenoxy) is 2. The molecule has 2 N–H and O–H groups in total. The lowest BCUT2D eigenvalue weighted by Gasteiger charge is -2.26. The van der Waals surface area contributed by atoms with Crippen LogP contribution in [0.2, 0.25) is 0 Å². The summed E-state index contributed by atoms with van der Waals surface area (Å²) in [5.74, 6) is 1.28. The molecule has 1 atom stereocenters. The van der Waals surface area contributed by atoms with Gasteiger partial charge in [0.1, 0.15) is 23.3 Å². The van der Waals surface area contributed by atoms with Crippen molar-refractivity contribution in [3.8, 4) is 17.4 Å². The Morgan fingerprint density at radius 2 is 1.92 bits per heavy atom. The third kappa shape index (κ3) is 3.37. The number of aryl methyl sites for hydroxylation is 1. The summed E-state index contributed by atoms with van der Waals surface area (Å²) in [7, 11) is 0. The van der Waals surface area contributed by atoms with Crippen molar-refractivity contribution in [3.05, 3.63) is 83.6 Å². The second-order valence-electron chi connectivity index (χ2n) is 6.15. The predicted octanol–water partition coefficient (Wildman–Crippen LogP) is 4.04.